The van der Waals surface area contributed by atoms with E-state index in [-0.39, 0.29) is 16.9 Å². The Morgan fingerprint density at radius 2 is 2.13 bits per heavy atom. The number of hydrogen-bond donors (Lipinski definition) is 1. The van der Waals surface area contributed by atoms with E-state index in [4.69, 9.17) is 4.74 Å². The predicted molar refractivity (Wildman–Crippen MR) is 108 cm³/mol. The van der Waals surface area contributed by atoms with Crippen molar-refractivity contribution in [3.63, 3.8) is 0 Å². The van der Waals surface area contributed by atoms with Crippen LogP contribution >= 0.6 is 11.8 Å². The van der Waals surface area contributed by atoms with Crippen LogP contribution in [0.3, 0.4) is 0 Å². The van der Waals surface area contributed by atoms with Crippen molar-refractivity contribution in [2.45, 2.75) is 50.5 Å². The number of carbonyl (C=O) groups is 2. The van der Waals surface area contributed by atoms with Crippen molar-refractivity contribution in [1.82, 2.24) is 10.3 Å². The molecule has 1 aliphatic carbocycles. The second-order valence-corrected chi connectivity index (χ2v) is 8.55. The van der Waals surface area contributed by atoms with Crippen LogP contribution in [0.5, 0.6) is 11.6 Å². The lowest BCUT2D eigenvalue weighted by molar-refractivity contribution is -0.138. The van der Waals surface area contributed by atoms with Crippen LogP contribution in [0, 0.1) is 6.92 Å². The van der Waals surface area contributed by atoms with Crippen molar-refractivity contribution < 1.29 is 27.5 Å². The van der Waals surface area contributed by atoms with E-state index in [0.717, 1.165) is 48.2 Å². The fourth-order valence-electron chi connectivity index (χ4n) is 3.67. The first kappa shape index (κ1) is 22.1. The van der Waals surface area contributed by atoms with Gasteiger partial charge in [-0.05, 0) is 67.0 Å². The Hall–Kier alpha value is -2.55. The first-order valence-corrected chi connectivity index (χ1v) is 10.3. The van der Waals surface area contributed by atoms with Crippen LogP contribution in [0.2, 0.25) is 0 Å². The van der Waals surface area contributed by atoms with Gasteiger partial charge in [0, 0.05) is 11.4 Å². The molecule has 1 aromatic heterocycles. The number of aromatic nitrogens is 1. The molecular weight excluding hydrogens is 417 g/mol. The lowest BCUT2D eigenvalue weighted by Gasteiger charge is -2.30. The van der Waals surface area contributed by atoms with Gasteiger partial charge in [0.2, 0.25) is 12.3 Å². The Labute approximate surface area is 176 Å². The van der Waals surface area contributed by atoms with E-state index < -0.39 is 22.9 Å². The molecule has 1 aromatic carbocycles. The van der Waals surface area contributed by atoms with Crippen LogP contribution in [0.4, 0.5) is 18.0 Å². The molecule has 1 aliphatic rings. The predicted octanol–water partition coefficient (Wildman–Crippen LogP) is 5.61. The highest BCUT2D eigenvalue weighted by atomic mass is 32.2. The van der Waals surface area contributed by atoms with Crippen molar-refractivity contribution >= 4 is 23.4 Å². The van der Waals surface area contributed by atoms with Crippen LogP contribution in [0.25, 0.3) is 0 Å². The maximum absolute atomic E-state index is 13.3. The van der Waals surface area contributed by atoms with E-state index in [1.165, 1.54) is 6.20 Å². The number of nitrogens with one attached hydrogen (secondary N) is 1. The molecule has 2 amide bonds. The molecule has 2 aromatic rings. The van der Waals surface area contributed by atoms with Gasteiger partial charge in [-0.2, -0.15) is 13.2 Å². The molecule has 3 rings (SSSR count). The molecule has 1 N–H and O–H groups in total. The number of fused-ring (bicyclic) bond motifs is 1. The minimum absolute atomic E-state index is 0.0636. The second kappa shape index (κ2) is 9.07. The summed E-state index contributed by atoms with van der Waals surface area (Å²) in [6.07, 6.45) is -0.334. The third kappa shape index (κ3) is 5.13. The lowest BCUT2D eigenvalue weighted by Crippen LogP contribution is -2.23. The highest BCUT2D eigenvalue weighted by molar-refractivity contribution is 8.14. The van der Waals surface area contributed by atoms with E-state index in [2.05, 4.69) is 10.3 Å². The summed E-state index contributed by atoms with van der Waals surface area (Å²) in [7, 11) is 0. The van der Waals surface area contributed by atoms with E-state index in [1.807, 2.05) is 13.0 Å². The normalized spacial score (nSPS) is 17.0. The van der Waals surface area contributed by atoms with E-state index in [1.54, 1.807) is 19.1 Å². The van der Waals surface area contributed by atoms with Gasteiger partial charge in [0.15, 0.2) is 0 Å². The molecule has 30 heavy (non-hydrogen) atoms. The number of carbonyl (C=O) groups excluding carboxylic acids is 2. The minimum atomic E-state index is -4.57. The first-order chi connectivity index (χ1) is 14.2. The van der Waals surface area contributed by atoms with Gasteiger partial charge in [0.05, 0.1) is 0 Å². The molecule has 9 heteroatoms. The molecular formula is C21H21F3N2O3S. The zero-order valence-corrected chi connectivity index (χ0v) is 17.3. The van der Waals surface area contributed by atoms with E-state index in [0.29, 0.717) is 12.0 Å². The Balaban J connectivity index is 1.83. The number of nitrogens with zero attached hydrogens (tertiary/aromatic N) is 1. The van der Waals surface area contributed by atoms with Gasteiger partial charge in [-0.25, -0.2) is 4.98 Å². The average Bonchev–Trinajstić information content (AvgIpc) is 2.68. The third-order valence-corrected chi connectivity index (χ3v) is 6.05. The number of imide groups is 1. The lowest BCUT2D eigenvalue weighted by atomic mass is 9.81. The molecule has 5 nitrogen and oxygen atoms in total. The van der Waals surface area contributed by atoms with Gasteiger partial charge >= 0.3 is 6.18 Å². The SMILES string of the molecule is Cc1cnc(Oc2ccc3c(c2)CCCC3C(C)SC(=O)NC=O)c(C(F)(F)F)c1. The molecule has 2 unspecified atom stereocenters. The largest absolute Gasteiger partial charge is 0.438 e. The van der Waals surface area contributed by atoms with Gasteiger partial charge in [-0.1, -0.05) is 24.8 Å². The summed E-state index contributed by atoms with van der Waals surface area (Å²) in [6.45, 7) is 3.46. The summed E-state index contributed by atoms with van der Waals surface area (Å²) >= 11 is 1.06. The minimum Gasteiger partial charge on any atom is -0.438 e. The molecule has 1 heterocycles. The number of pyridine rings is 1. The molecule has 0 saturated heterocycles. The Kier molecular flexibility index (Phi) is 6.70. The first-order valence-electron chi connectivity index (χ1n) is 9.44. The third-order valence-electron chi connectivity index (χ3n) is 5.02. The smallest absolute Gasteiger partial charge is 0.421 e. The Morgan fingerprint density at radius 3 is 2.83 bits per heavy atom. The van der Waals surface area contributed by atoms with E-state index in [9.17, 15) is 22.8 Å². The summed E-state index contributed by atoms with van der Waals surface area (Å²) in [4.78, 5) is 26.0. The Morgan fingerprint density at radius 1 is 1.37 bits per heavy atom. The number of thioether (sulfide) groups is 1. The summed E-state index contributed by atoms with van der Waals surface area (Å²) in [5.41, 5.74) is 1.51. The average molecular weight is 438 g/mol. The molecule has 0 fully saturated rings. The fourth-order valence-corrected chi connectivity index (χ4v) is 4.57. The second-order valence-electron chi connectivity index (χ2n) is 7.20. The van der Waals surface area contributed by atoms with Crippen LogP contribution in [-0.2, 0) is 17.4 Å². The summed E-state index contributed by atoms with van der Waals surface area (Å²) in [6, 6.07) is 6.22. The monoisotopic (exact) mass is 438 g/mol. The molecule has 0 aliphatic heterocycles. The number of rotatable bonds is 5. The van der Waals surface area contributed by atoms with E-state index >= 15 is 0 Å². The van der Waals surface area contributed by atoms with Crippen molar-refractivity contribution in [3.05, 3.63) is 52.7 Å². The van der Waals surface area contributed by atoms with Crippen molar-refractivity contribution in [3.8, 4) is 11.6 Å². The maximum atomic E-state index is 13.3. The van der Waals surface area contributed by atoms with Crippen LogP contribution in [-0.4, -0.2) is 21.9 Å². The summed E-state index contributed by atoms with van der Waals surface area (Å²) in [5, 5.41) is 1.65. The number of alkyl halides is 3. The number of aryl methyl sites for hydroxylation is 2. The zero-order valence-electron chi connectivity index (χ0n) is 16.5. The highest BCUT2D eigenvalue weighted by Crippen LogP contribution is 2.41. The van der Waals surface area contributed by atoms with Crippen molar-refractivity contribution in [2.24, 2.45) is 0 Å². The van der Waals surface area contributed by atoms with Crippen molar-refractivity contribution in [1.29, 1.82) is 0 Å². The molecule has 160 valence electrons. The van der Waals surface area contributed by atoms with Gasteiger partial charge in [0.1, 0.15) is 11.3 Å². The quantitative estimate of drug-likeness (QED) is 0.615. The number of hydrogen-bond acceptors (Lipinski definition) is 5. The molecule has 0 saturated carbocycles. The molecule has 0 bridgehead atoms. The van der Waals surface area contributed by atoms with Gasteiger partial charge < -0.3 is 4.74 Å². The molecule has 0 radical (unpaired) electrons. The number of benzene rings is 1. The van der Waals surface area contributed by atoms with Gasteiger partial charge in [0.25, 0.3) is 5.24 Å². The summed E-state index contributed by atoms with van der Waals surface area (Å²) < 4.78 is 45.5. The fraction of sp³-hybridized carbons (Fsp3) is 0.381. The van der Waals surface area contributed by atoms with Crippen LogP contribution in [0.15, 0.2) is 30.5 Å². The van der Waals surface area contributed by atoms with Crippen LogP contribution in [0.1, 0.15) is 47.9 Å². The molecule has 0 spiro atoms. The standard InChI is InChI=1S/C21H21F3N2O3S/c1-12-8-18(21(22,23)24)19(25-10-12)29-15-6-7-17-14(9-15)4-3-5-16(17)13(2)30-20(28)26-11-27/h6-11,13,16H,3-5H2,1-2H3,(H,26,27,28). The maximum Gasteiger partial charge on any atom is 0.421 e. The number of halogens is 3. The topological polar surface area (TPSA) is 68.3 Å². The molecule has 2 atom stereocenters. The van der Waals surface area contributed by atoms with Gasteiger partial charge in [-0.3, -0.25) is 14.9 Å². The zero-order chi connectivity index (χ0) is 21.9. The summed E-state index contributed by atoms with van der Waals surface area (Å²) in [5.74, 6) is -0.0986. The van der Waals surface area contributed by atoms with Crippen molar-refractivity contribution in [2.75, 3.05) is 0 Å². The number of ether oxygens (including phenoxy) is 1. The highest BCUT2D eigenvalue weighted by Gasteiger charge is 2.36. The number of amides is 2. The van der Waals surface area contributed by atoms with Crippen LogP contribution < -0.4 is 10.1 Å². The van der Waals surface area contributed by atoms with Gasteiger partial charge in [-0.15, -0.1) is 0 Å². The Bertz CT molecular complexity index is 950.